The van der Waals surface area contributed by atoms with Gasteiger partial charge in [0.25, 0.3) is 0 Å². The van der Waals surface area contributed by atoms with E-state index < -0.39 is 55.6 Å². The number of hydrogen-bond acceptors (Lipinski definition) is 8. The molecule has 0 aromatic heterocycles. The average Bonchev–Trinajstić information content (AvgIpc) is 3.53. The molecule has 0 aromatic rings. The van der Waals surface area contributed by atoms with Gasteiger partial charge in [-0.2, -0.15) is 0 Å². The first-order valence-electron chi connectivity index (χ1n) is 9.13. The Morgan fingerprint density at radius 3 is 0.500 bits per heavy atom. The molecule has 4 saturated heterocycles. The summed E-state index contributed by atoms with van der Waals surface area (Å²) in [5.41, 5.74) is 0. The molecule has 0 aromatic carbocycles. The predicted molar refractivity (Wildman–Crippen MR) is 97.5 cm³/mol. The van der Waals surface area contributed by atoms with E-state index in [1.165, 1.54) is 51.4 Å². The third-order valence-corrected chi connectivity index (χ3v) is 3.31. The van der Waals surface area contributed by atoms with Gasteiger partial charge in [-0.1, -0.05) is 0 Å². The van der Waals surface area contributed by atoms with Gasteiger partial charge in [0.1, 0.15) is 0 Å². The van der Waals surface area contributed by atoms with Gasteiger partial charge < -0.3 is 43.8 Å². The molecule has 0 unspecified atom stereocenters. The molecule has 0 amide bonds. The van der Waals surface area contributed by atoms with Crippen molar-refractivity contribution in [1.29, 1.82) is 0 Å². The molecular weight excluding hydrogens is 938 g/mol. The van der Waals surface area contributed by atoms with Gasteiger partial charge in [-0.15, -0.1) is 24.8 Å². The molecule has 0 radical (unpaired) electrons. The van der Waals surface area contributed by atoms with Crippen molar-refractivity contribution in [2.75, 3.05) is 52.9 Å². The minimum atomic E-state index is -2.51. The Hall–Kier alpha value is 2.30. The number of ether oxygens (including phenoxy) is 4. The van der Waals surface area contributed by atoms with Crippen molar-refractivity contribution in [3.05, 3.63) is 0 Å². The van der Waals surface area contributed by atoms with Gasteiger partial charge in [0.05, 0.1) is 0 Å². The second kappa shape index (κ2) is 48.7. The van der Waals surface area contributed by atoms with Crippen LogP contribution >= 0.6 is 24.8 Å². The summed E-state index contributed by atoms with van der Waals surface area (Å²) < 4.78 is 54.1. The van der Waals surface area contributed by atoms with Crippen molar-refractivity contribution in [2.24, 2.45) is 0 Å². The average molecular weight is 972 g/mol. The Balaban J connectivity index is -0.0000000569. The Morgan fingerprint density at radius 2 is 0.467 bits per heavy atom. The van der Waals surface area contributed by atoms with Crippen LogP contribution in [0.3, 0.4) is 0 Å². The molecule has 4 aliphatic heterocycles. The first-order valence-corrected chi connectivity index (χ1v) is 15.9. The molecule has 30 heavy (non-hydrogen) atoms. The Kier molecular flexibility index (Phi) is 74.2. The van der Waals surface area contributed by atoms with E-state index in [9.17, 15) is 0 Å². The van der Waals surface area contributed by atoms with Crippen LogP contribution in [0.4, 0.5) is 0 Å². The summed E-state index contributed by atoms with van der Waals surface area (Å²) in [5.74, 6) is 0. The first kappa shape index (κ1) is 45.8. The molecule has 0 aliphatic carbocycles. The second-order valence-corrected chi connectivity index (χ2v) is 6.83. The summed E-state index contributed by atoms with van der Waals surface area (Å²) in [6.07, 6.45) is 10.2. The summed E-state index contributed by atoms with van der Waals surface area (Å²) in [5, 5.41) is 0. The van der Waals surface area contributed by atoms with Crippen LogP contribution in [0.5, 0.6) is 0 Å². The van der Waals surface area contributed by atoms with E-state index in [0.29, 0.717) is 0 Å². The van der Waals surface area contributed by atoms with E-state index in [0.717, 1.165) is 52.9 Å². The van der Waals surface area contributed by atoms with Crippen molar-refractivity contribution in [2.45, 2.75) is 51.4 Å². The van der Waals surface area contributed by atoms with E-state index in [-0.39, 0.29) is 49.6 Å². The zero-order valence-electron chi connectivity index (χ0n) is 17.2. The summed E-state index contributed by atoms with van der Waals surface area (Å²) in [4.78, 5) is 0. The van der Waals surface area contributed by atoms with Gasteiger partial charge in [-0.25, -0.2) is 0 Å². The van der Waals surface area contributed by atoms with Gasteiger partial charge in [0, 0.05) is 52.9 Å². The second-order valence-electron chi connectivity index (χ2n) is 5.44. The summed E-state index contributed by atoms with van der Waals surface area (Å²) in [7, 11) is 0. The molecule has 0 saturated carbocycles. The quantitative estimate of drug-likeness (QED) is 0.265. The van der Waals surface area contributed by atoms with Gasteiger partial charge in [-0.05, 0) is 51.4 Å². The van der Waals surface area contributed by atoms with Crippen LogP contribution in [0.25, 0.3) is 0 Å². The van der Waals surface area contributed by atoms with Gasteiger partial charge >= 0.3 is 64.6 Å². The van der Waals surface area contributed by atoms with E-state index in [1.54, 1.807) is 0 Å². The van der Waals surface area contributed by atoms with Crippen molar-refractivity contribution in [1.82, 2.24) is 0 Å². The maximum absolute atomic E-state index is 8.58. The maximum atomic E-state index is 8.58. The topological polar surface area (TPSA) is 105 Å². The van der Waals surface area contributed by atoms with Crippen molar-refractivity contribution in [3.63, 3.8) is 0 Å². The zero-order chi connectivity index (χ0) is 19.6. The third kappa shape index (κ3) is 52.3. The van der Waals surface area contributed by atoms with Crippen LogP contribution in [0.1, 0.15) is 51.4 Å². The number of hydrogen-bond donors (Lipinski definition) is 0. The van der Waals surface area contributed by atoms with E-state index in [1.807, 2.05) is 0 Å². The van der Waals surface area contributed by atoms with Crippen LogP contribution in [-0.2, 0) is 27.9 Å². The molecule has 0 N–H and O–H groups in total. The fourth-order valence-electron chi connectivity index (χ4n) is 2.04. The minimum absolute atomic E-state index is 0. The molecule has 0 spiro atoms. The first-order chi connectivity index (χ1) is 12.8. The Bertz CT molecular complexity index is 251. The van der Waals surface area contributed by atoms with Crippen molar-refractivity contribution < 1.29 is 108 Å². The molecule has 4 fully saturated rings. The third-order valence-electron chi connectivity index (χ3n) is 3.31. The Labute approximate surface area is 234 Å². The zero-order valence-corrected chi connectivity index (χ0v) is 28.6. The number of rotatable bonds is 0. The fraction of sp³-hybridized carbons (Fsp3) is 1.00. The Morgan fingerprint density at radius 1 is 0.367 bits per heavy atom. The van der Waals surface area contributed by atoms with E-state index in [2.05, 4.69) is 0 Å². The van der Waals surface area contributed by atoms with Gasteiger partial charge in [0.15, 0.2) is 0 Å². The summed E-state index contributed by atoms with van der Waals surface area (Å²) in [6.45, 7) is 8.00. The normalized spacial score (nSPS) is 16.5. The van der Waals surface area contributed by atoms with E-state index >= 15 is 0 Å². The van der Waals surface area contributed by atoms with Crippen LogP contribution < -0.4 is 24.8 Å². The summed E-state index contributed by atoms with van der Waals surface area (Å²) >= 11 is -5.01. The van der Waals surface area contributed by atoms with Crippen LogP contribution in [0.2, 0.25) is 0 Å². The van der Waals surface area contributed by atoms with Gasteiger partial charge in [0.2, 0.25) is 0 Å². The van der Waals surface area contributed by atoms with Crippen LogP contribution in [0, 0.1) is 55.6 Å². The molecule has 4 heterocycles. The van der Waals surface area contributed by atoms with Crippen molar-refractivity contribution in [3.8, 4) is 0 Å². The molecule has 0 bridgehead atoms. The molecule has 14 heteroatoms. The SMILES string of the molecule is C1CCOC1.C1CCOC1.C1CCOC1.C1CCOC1.Cl.Cl.[Cl-].[Cl-].[O]=[U]=[O].[O]=[U]=[O]. The molecule has 4 rings (SSSR count). The van der Waals surface area contributed by atoms with Crippen LogP contribution in [0.15, 0.2) is 0 Å². The summed E-state index contributed by atoms with van der Waals surface area (Å²) in [6, 6.07) is 0. The predicted octanol–water partition coefficient (Wildman–Crippen LogP) is -2.44. The van der Waals surface area contributed by atoms with Gasteiger partial charge in [-0.3, -0.25) is 0 Å². The van der Waals surface area contributed by atoms with Crippen LogP contribution in [-0.4, -0.2) is 52.9 Å². The number of halogens is 4. The standard InChI is InChI=1S/4C4H8O.4ClH.4O.2U/c4*1-2-4-5-3-1;;;;;;;;;;/h4*1-4H2;4*1H;;;;;;/p-2. The molecule has 184 valence electrons. The fourth-order valence-corrected chi connectivity index (χ4v) is 2.04. The molecular formula is C16H34Cl4O8U2-2. The molecule has 0 atom stereocenters. The monoisotopic (exact) mass is 970 g/mol. The molecule has 8 nitrogen and oxygen atoms in total. The molecule has 4 aliphatic rings. The van der Waals surface area contributed by atoms with E-state index in [4.69, 9.17) is 27.9 Å². The van der Waals surface area contributed by atoms with Crippen molar-refractivity contribution >= 4 is 24.8 Å².